The van der Waals surface area contributed by atoms with Crippen molar-refractivity contribution in [3.63, 3.8) is 0 Å². The quantitative estimate of drug-likeness (QED) is 0.891. The minimum Gasteiger partial charge on any atom is -0.457 e. The smallest absolute Gasteiger partial charge is 0.134 e. The molecule has 0 radical (unpaired) electrons. The van der Waals surface area contributed by atoms with Crippen molar-refractivity contribution in [1.29, 1.82) is 0 Å². The van der Waals surface area contributed by atoms with Crippen LogP contribution in [0.4, 0.5) is 0 Å². The van der Waals surface area contributed by atoms with Crippen LogP contribution in [0.1, 0.15) is 12.7 Å². The van der Waals surface area contributed by atoms with Crippen LogP contribution in [0.15, 0.2) is 46.9 Å². The molecule has 1 unspecified atom stereocenters. The van der Waals surface area contributed by atoms with E-state index in [1.807, 2.05) is 36.4 Å². The number of halogens is 1. The summed E-state index contributed by atoms with van der Waals surface area (Å²) in [5.74, 6) is 1.50. The van der Waals surface area contributed by atoms with Crippen LogP contribution in [0.3, 0.4) is 0 Å². The van der Waals surface area contributed by atoms with Crippen LogP contribution in [-0.2, 0) is 0 Å². The monoisotopic (exact) mass is 248 g/mol. The van der Waals surface area contributed by atoms with Crippen molar-refractivity contribution >= 4 is 17.7 Å². The van der Waals surface area contributed by atoms with E-state index in [2.05, 4.69) is 0 Å². The normalized spacial score (nSPS) is 13.1. The van der Waals surface area contributed by atoms with Gasteiger partial charge in [0.1, 0.15) is 11.5 Å². The van der Waals surface area contributed by atoms with E-state index in [-0.39, 0.29) is 0 Å². The van der Waals surface area contributed by atoms with Gasteiger partial charge in [0, 0.05) is 10.6 Å². The van der Waals surface area contributed by atoms with E-state index in [0.717, 1.165) is 17.1 Å². The molecule has 1 heterocycles. The molecule has 2 aromatic rings. The van der Waals surface area contributed by atoms with Gasteiger partial charge in [-0.25, -0.2) is 0 Å². The van der Waals surface area contributed by atoms with E-state index in [4.69, 9.17) is 21.1 Å². The Morgan fingerprint density at radius 2 is 1.88 bits per heavy atom. The maximum atomic E-state index is 9.12. The van der Waals surface area contributed by atoms with Crippen molar-refractivity contribution in [3.8, 4) is 11.3 Å². The Morgan fingerprint density at radius 1 is 1.18 bits per heavy atom. The molecule has 0 aliphatic heterocycles. The van der Waals surface area contributed by atoms with E-state index in [1.54, 1.807) is 19.1 Å². The number of benzene rings is 1. The van der Waals surface area contributed by atoms with Crippen molar-refractivity contribution < 1.29 is 9.52 Å². The van der Waals surface area contributed by atoms with Crippen LogP contribution in [0.25, 0.3) is 17.4 Å². The van der Waals surface area contributed by atoms with Crippen molar-refractivity contribution in [2.75, 3.05) is 0 Å². The molecule has 1 aromatic carbocycles. The van der Waals surface area contributed by atoms with Crippen LogP contribution >= 0.6 is 11.6 Å². The van der Waals surface area contributed by atoms with Gasteiger partial charge in [0.2, 0.25) is 0 Å². The average molecular weight is 249 g/mol. The lowest BCUT2D eigenvalue weighted by Gasteiger charge is -1.96. The van der Waals surface area contributed by atoms with Crippen LogP contribution in [0, 0.1) is 0 Å². The second-order valence-corrected chi connectivity index (χ2v) is 4.25. The molecule has 0 fully saturated rings. The maximum absolute atomic E-state index is 9.12. The standard InChI is InChI=1S/C14H13ClO2/c1-10(16)2-7-13-8-9-14(17-13)11-3-5-12(15)6-4-11/h2-10,16H,1H3/b7-2+. The number of furan rings is 1. The lowest BCUT2D eigenvalue weighted by atomic mass is 10.2. The first kappa shape index (κ1) is 12.0. The zero-order chi connectivity index (χ0) is 12.3. The molecule has 17 heavy (non-hydrogen) atoms. The first-order valence-electron chi connectivity index (χ1n) is 5.37. The fourth-order valence-corrected chi connectivity index (χ4v) is 1.57. The first-order valence-corrected chi connectivity index (χ1v) is 5.75. The van der Waals surface area contributed by atoms with Crippen LogP contribution in [0.2, 0.25) is 5.02 Å². The Bertz CT molecular complexity index is 509. The number of aliphatic hydroxyl groups excluding tert-OH is 1. The van der Waals surface area contributed by atoms with Crippen LogP contribution in [-0.4, -0.2) is 11.2 Å². The molecular weight excluding hydrogens is 236 g/mol. The van der Waals surface area contributed by atoms with Crippen molar-refractivity contribution in [2.24, 2.45) is 0 Å². The third kappa shape index (κ3) is 3.22. The Hall–Kier alpha value is -1.51. The van der Waals surface area contributed by atoms with Crippen LogP contribution in [0.5, 0.6) is 0 Å². The summed E-state index contributed by atoms with van der Waals surface area (Å²) in [6.07, 6.45) is 2.95. The highest BCUT2D eigenvalue weighted by molar-refractivity contribution is 6.30. The molecule has 3 heteroatoms. The van der Waals surface area contributed by atoms with Gasteiger partial charge in [0.25, 0.3) is 0 Å². The predicted molar refractivity (Wildman–Crippen MR) is 69.9 cm³/mol. The summed E-state index contributed by atoms with van der Waals surface area (Å²) in [6.45, 7) is 1.69. The zero-order valence-corrected chi connectivity index (χ0v) is 10.2. The molecule has 0 aliphatic rings. The number of hydrogen-bond donors (Lipinski definition) is 1. The SMILES string of the molecule is CC(O)/C=C/c1ccc(-c2ccc(Cl)cc2)o1. The summed E-state index contributed by atoms with van der Waals surface area (Å²) < 4.78 is 5.62. The first-order chi connectivity index (χ1) is 8.15. The molecular formula is C14H13ClO2. The van der Waals surface area contributed by atoms with Gasteiger partial charge in [-0.05, 0) is 49.4 Å². The minimum absolute atomic E-state index is 0.473. The number of rotatable bonds is 3. The lowest BCUT2D eigenvalue weighted by Crippen LogP contribution is -1.90. The highest BCUT2D eigenvalue weighted by Gasteiger charge is 2.02. The number of hydrogen-bond acceptors (Lipinski definition) is 2. The van der Waals surface area contributed by atoms with E-state index >= 15 is 0 Å². The molecule has 0 saturated carbocycles. The van der Waals surface area contributed by atoms with Gasteiger partial charge in [0.15, 0.2) is 0 Å². The maximum Gasteiger partial charge on any atom is 0.134 e. The summed E-state index contributed by atoms with van der Waals surface area (Å²) in [7, 11) is 0. The topological polar surface area (TPSA) is 33.4 Å². The van der Waals surface area contributed by atoms with Crippen molar-refractivity contribution in [3.05, 3.63) is 53.3 Å². The van der Waals surface area contributed by atoms with E-state index in [0.29, 0.717) is 5.02 Å². The predicted octanol–water partition coefficient (Wildman–Crippen LogP) is 3.99. The molecule has 1 atom stereocenters. The zero-order valence-electron chi connectivity index (χ0n) is 9.43. The molecule has 1 aromatic heterocycles. The largest absolute Gasteiger partial charge is 0.457 e. The summed E-state index contributed by atoms with van der Waals surface area (Å²) in [5, 5.41) is 9.83. The highest BCUT2D eigenvalue weighted by Crippen LogP contribution is 2.24. The Kier molecular flexibility index (Phi) is 3.67. The van der Waals surface area contributed by atoms with Crippen LogP contribution < -0.4 is 0 Å². The molecule has 88 valence electrons. The highest BCUT2D eigenvalue weighted by atomic mass is 35.5. The molecule has 0 amide bonds. The van der Waals surface area contributed by atoms with E-state index < -0.39 is 6.10 Å². The summed E-state index contributed by atoms with van der Waals surface area (Å²) in [6, 6.07) is 11.2. The van der Waals surface area contributed by atoms with Gasteiger partial charge in [-0.1, -0.05) is 17.7 Å². The van der Waals surface area contributed by atoms with E-state index in [9.17, 15) is 0 Å². The molecule has 1 N–H and O–H groups in total. The second-order valence-electron chi connectivity index (χ2n) is 3.81. The van der Waals surface area contributed by atoms with Gasteiger partial charge < -0.3 is 9.52 Å². The Labute approximate surface area is 105 Å². The fourth-order valence-electron chi connectivity index (χ4n) is 1.45. The van der Waals surface area contributed by atoms with Gasteiger partial charge in [0.05, 0.1) is 6.10 Å². The Balaban J connectivity index is 2.21. The van der Waals surface area contributed by atoms with Gasteiger partial charge in [-0.2, -0.15) is 0 Å². The van der Waals surface area contributed by atoms with E-state index in [1.165, 1.54) is 0 Å². The van der Waals surface area contributed by atoms with Crippen molar-refractivity contribution in [1.82, 2.24) is 0 Å². The second kappa shape index (κ2) is 5.21. The van der Waals surface area contributed by atoms with Gasteiger partial charge >= 0.3 is 0 Å². The average Bonchev–Trinajstić information content (AvgIpc) is 2.76. The molecule has 0 saturated heterocycles. The molecule has 0 aliphatic carbocycles. The number of aliphatic hydroxyl groups is 1. The Morgan fingerprint density at radius 3 is 2.53 bits per heavy atom. The minimum atomic E-state index is -0.473. The summed E-state index contributed by atoms with van der Waals surface area (Å²) in [4.78, 5) is 0. The fraction of sp³-hybridized carbons (Fsp3) is 0.143. The summed E-state index contributed by atoms with van der Waals surface area (Å²) in [5.41, 5.74) is 0.978. The molecule has 0 bridgehead atoms. The molecule has 0 spiro atoms. The van der Waals surface area contributed by atoms with Crippen molar-refractivity contribution in [2.45, 2.75) is 13.0 Å². The lowest BCUT2D eigenvalue weighted by molar-refractivity contribution is 0.245. The summed E-state index contributed by atoms with van der Waals surface area (Å²) >= 11 is 5.82. The molecule has 2 nitrogen and oxygen atoms in total. The molecule has 2 rings (SSSR count). The van der Waals surface area contributed by atoms with Gasteiger partial charge in [-0.3, -0.25) is 0 Å². The van der Waals surface area contributed by atoms with Gasteiger partial charge in [-0.15, -0.1) is 0 Å². The third-order valence-corrected chi connectivity index (χ3v) is 2.55. The third-order valence-electron chi connectivity index (χ3n) is 2.29.